The number of imide groups is 1. The number of carbonyl (C=O) groups excluding carboxylic acids is 2. The molecule has 0 radical (unpaired) electrons. The summed E-state index contributed by atoms with van der Waals surface area (Å²) in [6.07, 6.45) is 3.65. The standard InChI is InChI=1S/C23H35N3O3/c1-16(2)9-12-23(21(27)24-22(28)25-23)19-10-13-26(14-11-19)15-18-5-7-20(8-6-18)29-17(3)4/h5-8,16-17,19H,9-15H2,1-4H3,(H2,24,25,27,28)/t23-/m0/s1. The molecule has 6 heteroatoms. The van der Waals surface area contributed by atoms with Crippen molar-refractivity contribution in [1.29, 1.82) is 0 Å². The highest BCUT2D eigenvalue weighted by Gasteiger charge is 2.51. The van der Waals surface area contributed by atoms with Crippen LogP contribution in [0.1, 0.15) is 58.9 Å². The first kappa shape index (κ1) is 21.6. The van der Waals surface area contributed by atoms with Gasteiger partial charge in [-0.2, -0.15) is 0 Å². The topological polar surface area (TPSA) is 70.7 Å². The van der Waals surface area contributed by atoms with Crippen molar-refractivity contribution in [1.82, 2.24) is 15.5 Å². The van der Waals surface area contributed by atoms with E-state index in [1.54, 1.807) is 0 Å². The quantitative estimate of drug-likeness (QED) is 0.652. The van der Waals surface area contributed by atoms with Crippen molar-refractivity contribution in [2.45, 2.75) is 71.6 Å². The summed E-state index contributed by atoms with van der Waals surface area (Å²) in [6, 6.07) is 7.96. The third-order valence-electron chi connectivity index (χ3n) is 6.07. The predicted octanol–water partition coefficient (Wildman–Crippen LogP) is 3.70. The van der Waals surface area contributed by atoms with Gasteiger partial charge in [-0.25, -0.2) is 4.79 Å². The van der Waals surface area contributed by atoms with Crippen LogP contribution in [-0.2, 0) is 11.3 Å². The van der Waals surface area contributed by atoms with Gasteiger partial charge in [-0.3, -0.25) is 15.0 Å². The summed E-state index contributed by atoms with van der Waals surface area (Å²) in [5.74, 6) is 1.45. The first-order valence-corrected chi connectivity index (χ1v) is 10.9. The van der Waals surface area contributed by atoms with Crippen molar-refractivity contribution in [3.63, 3.8) is 0 Å². The van der Waals surface area contributed by atoms with E-state index in [9.17, 15) is 9.59 Å². The Bertz CT molecular complexity index is 709. The number of ether oxygens (including phenoxy) is 1. The second kappa shape index (κ2) is 9.16. The van der Waals surface area contributed by atoms with Crippen molar-refractivity contribution in [2.24, 2.45) is 11.8 Å². The molecule has 1 aromatic carbocycles. The molecule has 0 aromatic heterocycles. The molecule has 0 saturated carbocycles. The van der Waals surface area contributed by atoms with Crippen LogP contribution in [0.25, 0.3) is 0 Å². The van der Waals surface area contributed by atoms with Crippen LogP contribution in [0.15, 0.2) is 24.3 Å². The van der Waals surface area contributed by atoms with Crippen LogP contribution in [0.4, 0.5) is 4.79 Å². The molecule has 1 aromatic rings. The Labute approximate surface area is 174 Å². The van der Waals surface area contributed by atoms with E-state index < -0.39 is 5.54 Å². The number of rotatable bonds is 8. The van der Waals surface area contributed by atoms with Crippen molar-refractivity contribution >= 4 is 11.9 Å². The molecule has 2 heterocycles. The lowest BCUT2D eigenvalue weighted by Gasteiger charge is -2.41. The molecule has 0 spiro atoms. The zero-order chi connectivity index (χ0) is 21.0. The van der Waals surface area contributed by atoms with E-state index in [0.29, 0.717) is 12.3 Å². The molecule has 29 heavy (non-hydrogen) atoms. The lowest BCUT2D eigenvalue weighted by Crippen LogP contribution is -2.56. The monoisotopic (exact) mass is 401 g/mol. The third-order valence-corrected chi connectivity index (χ3v) is 6.07. The summed E-state index contributed by atoms with van der Waals surface area (Å²) in [4.78, 5) is 27.0. The number of urea groups is 1. The fraction of sp³-hybridized carbons (Fsp3) is 0.652. The minimum atomic E-state index is -0.733. The molecule has 1 atom stereocenters. The van der Waals surface area contributed by atoms with E-state index >= 15 is 0 Å². The van der Waals surface area contributed by atoms with Crippen molar-refractivity contribution in [2.75, 3.05) is 13.1 Å². The maximum absolute atomic E-state index is 12.7. The normalized spacial score (nSPS) is 23.5. The SMILES string of the molecule is CC(C)CC[C@@]1(C2CCN(Cc3ccc(OC(C)C)cc3)CC2)NC(=O)NC1=O. The number of amides is 3. The average molecular weight is 402 g/mol. The van der Waals surface area contributed by atoms with Gasteiger partial charge in [0.2, 0.25) is 0 Å². The molecular formula is C23H35N3O3. The molecule has 2 aliphatic heterocycles. The number of hydrogen-bond donors (Lipinski definition) is 2. The second-order valence-electron chi connectivity index (χ2n) is 9.17. The lowest BCUT2D eigenvalue weighted by molar-refractivity contribution is -0.127. The van der Waals surface area contributed by atoms with Gasteiger partial charge < -0.3 is 10.1 Å². The number of nitrogens with one attached hydrogen (secondary N) is 2. The fourth-order valence-electron chi connectivity index (χ4n) is 4.48. The second-order valence-corrected chi connectivity index (χ2v) is 9.17. The molecule has 0 aliphatic carbocycles. The van der Waals surface area contributed by atoms with Crippen LogP contribution in [0, 0.1) is 11.8 Å². The number of piperidine rings is 1. The molecule has 160 valence electrons. The summed E-state index contributed by atoms with van der Waals surface area (Å²) in [6.45, 7) is 11.1. The maximum atomic E-state index is 12.7. The van der Waals surface area contributed by atoms with E-state index in [4.69, 9.17) is 4.74 Å². The Balaban J connectivity index is 1.58. The molecule has 2 saturated heterocycles. The minimum Gasteiger partial charge on any atom is -0.491 e. The molecule has 0 unspecified atom stereocenters. The Hall–Kier alpha value is -2.08. The first-order valence-electron chi connectivity index (χ1n) is 10.9. The highest BCUT2D eigenvalue weighted by molar-refractivity contribution is 6.07. The smallest absolute Gasteiger partial charge is 0.322 e. The van der Waals surface area contributed by atoms with Crippen LogP contribution in [0.2, 0.25) is 0 Å². The van der Waals surface area contributed by atoms with Gasteiger partial charge in [0.15, 0.2) is 0 Å². The Kier molecular flexibility index (Phi) is 6.83. The third kappa shape index (κ3) is 5.30. The predicted molar refractivity (Wildman–Crippen MR) is 114 cm³/mol. The van der Waals surface area contributed by atoms with Gasteiger partial charge in [-0.15, -0.1) is 0 Å². The molecule has 3 amide bonds. The Morgan fingerprint density at radius 3 is 2.28 bits per heavy atom. The summed E-state index contributed by atoms with van der Waals surface area (Å²) in [5, 5.41) is 5.48. The van der Waals surface area contributed by atoms with E-state index in [1.165, 1.54) is 5.56 Å². The summed E-state index contributed by atoms with van der Waals surface area (Å²) in [5.41, 5.74) is 0.532. The van der Waals surface area contributed by atoms with Gasteiger partial charge in [-0.05, 0) is 82.2 Å². The highest BCUT2D eigenvalue weighted by atomic mass is 16.5. The van der Waals surface area contributed by atoms with Crippen LogP contribution in [0.3, 0.4) is 0 Å². The van der Waals surface area contributed by atoms with Crippen molar-refractivity contribution < 1.29 is 14.3 Å². The van der Waals surface area contributed by atoms with Gasteiger partial charge >= 0.3 is 6.03 Å². The van der Waals surface area contributed by atoms with Gasteiger partial charge in [0, 0.05) is 6.54 Å². The summed E-state index contributed by atoms with van der Waals surface area (Å²) < 4.78 is 5.71. The Morgan fingerprint density at radius 1 is 1.10 bits per heavy atom. The van der Waals surface area contributed by atoms with Crippen LogP contribution in [-0.4, -0.2) is 41.6 Å². The minimum absolute atomic E-state index is 0.137. The number of hydrogen-bond acceptors (Lipinski definition) is 4. The van der Waals surface area contributed by atoms with Gasteiger partial charge in [0.05, 0.1) is 6.10 Å². The van der Waals surface area contributed by atoms with Gasteiger partial charge in [0.25, 0.3) is 5.91 Å². The summed E-state index contributed by atoms with van der Waals surface area (Å²) in [7, 11) is 0. The van der Waals surface area contributed by atoms with E-state index in [-0.39, 0.29) is 24.0 Å². The highest BCUT2D eigenvalue weighted by Crippen LogP contribution is 2.35. The van der Waals surface area contributed by atoms with E-state index in [2.05, 4.69) is 41.5 Å². The molecule has 2 N–H and O–H groups in total. The van der Waals surface area contributed by atoms with Crippen LogP contribution >= 0.6 is 0 Å². The molecule has 2 aliphatic rings. The van der Waals surface area contributed by atoms with Crippen LogP contribution < -0.4 is 15.4 Å². The fourth-order valence-corrected chi connectivity index (χ4v) is 4.48. The van der Waals surface area contributed by atoms with Gasteiger partial charge in [0.1, 0.15) is 11.3 Å². The molecule has 0 bridgehead atoms. The lowest BCUT2D eigenvalue weighted by atomic mass is 9.74. The number of benzene rings is 1. The molecular weight excluding hydrogens is 366 g/mol. The average Bonchev–Trinajstić information content (AvgIpc) is 2.96. The maximum Gasteiger partial charge on any atom is 0.322 e. The largest absolute Gasteiger partial charge is 0.491 e. The first-order chi connectivity index (χ1) is 13.8. The number of carbonyl (C=O) groups is 2. The zero-order valence-corrected chi connectivity index (χ0v) is 18.2. The van der Waals surface area contributed by atoms with Crippen molar-refractivity contribution in [3.8, 4) is 5.75 Å². The molecule has 2 fully saturated rings. The van der Waals surface area contributed by atoms with E-state index in [1.807, 2.05) is 26.0 Å². The van der Waals surface area contributed by atoms with Crippen molar-refractivity contribution in [3.05, 3.63) is 29.8 Å². The molecule has 3 rings (SSSR count). The van der Waals surface area contributed by atoms with E-state index in [0.717, 1.165) is 44.6 Å². The Morgan fingerprint density at radius 2 is 1.76 bits per heavy atom. The van der Waals surface area contributed by atoms with Crippen LogP contribution in [0.5, 0.6) is 5.75 Å². The number of likely N-dealkylation sites (tertiary alicyclic amines) is 1. The summed E-state index contributed by atoms with van der Waals surface area (Å²) >= 11 is 0. The molecule has 6 nitrogen and oxygen atoms in total. The van der Waals surface area contributed by atoms with Gasteiger partial charge in [-0.1, -0.05) is 26.0 Å². The zero-order valence-electron chi connectivity index (χ0n) is 18.2. The number of nitrogens with zero attached hydrogens (tertiary/aromatic N) is 1.